The van der Waals surface area contributed by atoms with Crippen LogP contribution in [0.5, 0.6) is 5.75 Å². The molecule has 2 aromatic carbocycles. The van der Waals surface area contributed by atoms with Crippen LogP contribution in [-0.4, -0.2) is 37.4 Å². The predicted molar refractivity (Wildman–Crippen MR) is 90.8 cm³/mol. The largest absolute Gasteiger partial charge is 0.573 e. The van der Waals surface area contributed by atoms with Crippen LogP contribution in [0, 0.1) is 5.82 Å². The Bertz CT molecular complexity index is 828. The van der Waals surface area contributed by atoms with Gasteiger partial charge in [-0.3, -0.25) is 4.90 Å². The minimum absolute atomic E-state index is 0.0729. The van der Waals surface area contributed by atoms with E-state index in [1.54, 1.807) is 0 Å². The van der Waals surface area contributed by atoms with Crippen molar-refractivity contribution in [3.05, 3.63) is 65.0 Å². The summed E-state index contributed by atoms with van der Waals surface area (Å²) in [6.07, 6.45) is -9.58. The van der Waals surface area contributed by atoms with E-state index >= 15 is 0 Å². The second-order valence-electron chi connectivity index (χ2n) is 6.58. The molecule has 0 aliphatic carbocycles. The van der Waals surface area contributed by atoms with Gasteiger partial charge in [-0.2, -0.15) is 13.2 Å². The lowest BCUT2D eigenvalue weighted by Gasteiger charge is -2.36. The lowest BCUT2D eigenvalue weighted by Crippen LogP contribution is -2.45. The number of alkyl halides is 6. The van der Waals surface area contributed by atoms with Crippen LogP contribution in [-0.2, 0) is 6.18 Å². The van der Waals surface area contributed by atoms with Gasteiger partial charge in [0.25, 0.3) is 0 Å². The molecular weight excluding hydrogens is 405 g/mol. The fraction of sp³-hybridized carbons (Fsp3) is 0.368. The van der Waals surface area contributed by atoms with Crippen LogP contribution < -0.4 is 10.1 Å². The van der Waals surface area contributed by atoms with E-state index in [-0.39, 0.29) is 5.56 Å². The molecule has 1 atom stereocenters. The number of halogens is 7. The number of ether oxygens (including phenoxy) is 1. The molecule has 0 bridgehead atoms. The van der Waals surface area contributed by atoms with Gasteiger partial charge >= 0.3 is 12.5 Å². The molecule has 0 unspecified atom stereocenters. The molecule has 0 saturated carbocycles. The van der Waals surface area contributed by atoms with Gasteiger partial charge in [-0.05, 0) is 41.5 Å². The summed E-state index contributed by atoms with van der Waals surface area (Å²) < 4.78 is 94.4. The van der Waals surface area contributed by atoms with E-state index in [4.69, 9.17) is 0 Å². The summed E-state index contributed by atoms with van der Waals surface area (Å²) in [6, 6.07) is 6.40. The first-order valence-electron chi connectivity index (χ1n) is 8.71. The molecular formula is C19H17F7N2O. The zero-order valence-electron chi connectivity index (χ0n) is 14.9. The first kappa shape index (κ1) is 21.4. The number of benzene rings is 2. The molecule has 158 valence electrons. The Balaban J connectivity index is 2.01. The molecule has 1 aliphatic rings. The zero-order valence-corrected chi connectivity index (χ0v) is 14.9. The van der Waals surface area contributed by atoms with Crippen LogP contribution in [0.3, 0.4) is 0 Å². The molecule has 1 saturated heterocycles. The third-order valence-corrected chi connectivity index (χ3v) is 4.51. The minimum Gasteiger partial charge on any atom is -0.406 e. The van der Waals surface area contributed by atoms with E-state index < -0.39 is 35.7 Å². The van der Waals surface area contributed by atoms with E-state index in [1.807, 2.05) is 4.90 Å². The first-order chi connectivity index (χ1) is 13.5. The van der Waals surface area contributed by atoms with Crippen molar-refractivity contribution in [3.63, 3.8) is 0 Å². The van der Waals surface area contributed by atoms with Crippen LogP contribution in [0.15, 0.2) is 42.5 Å². The predicted octanol–water partition coefficient (Wildman–Crippen LogP) is 4.74. The maximum Gasteiger partial charge on any atom is 0.573 e. The monoisotopic (exact) mass is 422 g/mol. The van der Waals surface area contributed by atoms with E-state index in [9.17, 15) is 30.7 Å². The summed E-state index contributed by atoms with van der Waals surface area (Å²) in [5.41, 5.74) is -0.617. The standard InChI is InChI=1S/C19H17F7N2O/c20-15-10-13(9-14(11-15)18(21,22)23)17(28-7-5-27-6-8-28)12-1-3-16(4-2-12)29-19(24,25)26/h1-4,9-11,17,27H,5-8H2/t17-/m1/s1. The smallest absolute Gasteiger partial charge is 0.406 e. The molecule has 2 aromatic rings. The molecule has 0 radical (unpaired) electrons. The van der Waals surface area contributed by atoms with E-state index in [0.717, 1.165) is 24.3 Å². The van der Waals surface area contributed by atoms with Crippen LogP contribution >= 0.6 is 0 Å². The van der Waals surface area contributed by atoms with Crippen LogP contribution in [0.1, 0.15) is 22.7 Å². The van der Waals surface area contributed by atoms with E-state index in [2.05, 4.69) is 10.1 Å². The van der Waals surface area contributed by atoms with Crippen molar-refractivity contribution in [1.82, 2.24) is 10.2 Å². The second-order valence-corrected chi connectivity index (χ2v) is 6.58. The van der Waals surface area contributed by atoms with Gasteiger partial charge in [-0.1, -0.05) is 12.1 Å². The average Bonchev–Trinajstić information content (AvgIpc) is 2.62. The molecule has 3 rings (SSSR count). The van der Waals surface area contributed by atoms with Crippen LogP contribution in [0.4, 0.5) is 30.7 Å². The molecule has 0 aromatic heterocycles. The van der Waals surface area contributed by atoms with Gasteiger partial charge in [-0.15, -0.1) is 13.2 Å². The van der Waals surface area contributed by atoms with Crippen molar-refractivity contribution < 1.29 is 35.5 Å². The maximum atomic E-state index is 14.0. The highest BCUT2D eigenvalue weighted by molar-refractivity contribution is 5.38. The third kappa shape index (κ3) is 5.60. The fourth-order valence-electron chi connectivity index (χ4n) is 3.34. The Kier molecular flexibility index (Phi) is 6.04. The highest BCUT2D eigenvalue weighted by atomic mass is 19.4. The number of nitrogens with one attached hydrogen (secondary N) is 1. The van der Waals surface area contributed by atoms with Gasteiger partial charge < -0.3 is 10.1 Å². The Morgan fingerprint density at radius 3 is 2.03 bits per heavy atom. The van der Waals surface area contributed by atoms with Crippen molar-refractivity contribution in [2.45, 2.75) is 18.6 Å². The Morgan fingerprint density at radius 2 is 1.48 bits per heavy atom. The molecule has 29 heavy (non-hydrogen) atoms. The molecule has 1 aliphatic heterocycles. The van der Waals surface area contributed by atoms with Crippen molar-refractivity contribution >= 4 is 0 Å². The van der Waals surface area contributed by atoms with Crippen molar-refractivity contribution in [3.8, 4) is 5.75 Å². The molecule has 1 N–H and O–H groups in total. The Morgan fingerprint density at radius 1 is 0.862 bits per heavy atom. The quantitative estimate of drug-likeness (QED) is 0.721. The molecule has 10 heteroatoms. The molecule has 3 nitrogen and oxygen atoms in total. The van der Waals surface area contributed by atoms with Gasteiger partial charge in [-0.25, -0.2) is 4.39 Å². The van der Waals surface area contributed by atoms with E-state index in [1.165, 1.54) is 12.1 Å². The summed E-state index contributed by atoms with van der Waals surface area (Å²) in [4.78, 5) is 1.85. The average molecular weight is 422 g/mol. The van der Waals surface area contributed by atoms with Crippen LogP contribution in [0.25, 0.3) is 0 Å². The minimum atomic E-state index is -4.86. The SMILES string of the molecule is Fc1cc([C@@H](c2ccc(OC(F)(F)F)cc2)N2CCNCC2)cc(C(F)(F)F)c1. The maximum absolute atomic E-state index is 14.0. The highest BCUT2D eigenvalue weighted by Gasteiger charge is 2.34. The number of piperazine rings is 1. The van der Waals surface area contributed by atoms with Gasteiger partial charge in [0.15, 0.2) is 0 Å². The van der Waals surface area contributed by atoms with E-state index in [0.29, 0.717) is 37.8 Å². The number of hydrogen-bond acceptors (Lipinski definition) is 3. The first-order valence-corrected chi connectivity index (χ1v) is 8.71. The van der Waals surface area contributed by atoms with Crippen molar-refractivity contribution in [2.24, 2.45) is 0 Å². The second kappa shape index (κ2) is 8.19. The molecule has 0 spiro atoms. The summed E-state index contributed by atoms with van der Waals surface area (Å²) in [5, 5.41) is 3.11. The number of nitrogens with zero attached hydrogens (tertiary/aromatic N) is 1. The van der Waals surface area contributed by atoms with Gasteiger partial charge in [0.2, 0.25) is 0 Å². The summed E-state index contributed by atoms with van der Waals surface area (Å²) in [7, 11) is 0. The van der Waals surface area contributed by atoms with Crippen molar-refractivity contribution in [2.75, 3.05) is 26.2 Å². The fourth-order valence-corrected chi connectivity index (χ4v) is 3.34. The van der Waals surface area contributed by atoms with Gasteiger partial charge in [0, 0.05) is 26.2 Å². The third-order valence-electron chi connectivity index (χ3n) is 4.51. The number of hydrogen-bond donors (Lipinski definition) is 1. The molecule has 0 amide bonds. The van der Waals surface area contributed by atoms with Gasteiger partial charge in [0.05, 0.1) is 11.6 Å². The molecule has 1 fully saturated rings. The number of rotatable bonds is 4. The zero-order chi connectivity index (χ0) is 21.2. The summed E-state index contributed by atoms with van der Waals surface area (Å²) >= 11 is 0. The summed E-state index contributed by atoms with van der Waals surface area (Å²) in [6.45, 7) is 2.10. The highest BCUT2D eigenvalue weighted by Crippen LogP contribution is 2.36. The summed E-state index contributed by atoms with van der Waals surface area (Å²) in [5.74, 6) is -1.48. The normalized spacial score (nSPS) is 17.2. The molecule has 1 heterocycles. The lowest BCUT2D eigenvalue weighted by molar-refractivity contribution is -0.274. The van der Waals surface area contributed by atoms with Gasteiger partial charge in [0.1, 0.15) is 11.6 Å². The lowest BCUT2D eigenvalue weighted by atomic mass is 9.94. The Hall–Kier alpha value is -2.33. The van der Waals surface area contributed by atoms with Crippen LogP contribution in [0.2, 0.25) is 0 Å². The van der Waals surface area contributed by atoms with Crippen molar-refractivity contribution in [1.29, 1.82) is 0 Å². The topological polar surface area (TPSA) is 24.5 Å². The Labute approximate surface area is 162 Å².